The molecule has 26 heavy (non-hydrogen) atoms. The van der Waals surface area contributed by atoms with Crippen LogP contribution in [0.3, 0.4) is 0 Å². The van der Waals surface area contributed by atoms with Gasteiger partial charge in [0.05, 0.1) is 0 Å². The molecule has 1 N–H and O–H groups in total. The summed E-state index contributed by atoms with van der Waals surface area (Å²) in [6.45, 7) is 8.23. The Bertz CT molecular complexity index is 610. The minimum absolute atomic E-state index is 0.202. The minimum Gasteiger partial charge on any atom is -0.687 e. The van der Waals surface area contributed by atoms with Crippen LogP contribution in [0, 0.1) is 0 Å². The normalized spacial score (nSPS) is 15.1. The fourth-order valence-electron chi connectivity index (χ4n) is 2.45. The van der Waals surface area contributed by atoms with Crippen LogP contribution in [0.25, 0.3) is 0 Å². The molecule has 152 valence electrons. The maximum atomic E-state index is 11.0. The molecule has 0 radical (unpaired) electrons. The lowest BCUT2D eigenvalue weighted by atomic mass is 10.1. The molecule has 0 spiro atoms. The van der Waals surface area contributed by atoms with E-state index in [2.05, 4.69) is 32.9 Å². The fourth-order valence-corrected chi connectivity index (χ4v) is 4.72. The third-order valence-corrected chi connectivity index (χ3v) is 7.43. The second-order valence-corrected chi connectivity index (χ2v) is 10.6. The Morgan fingerprint density at radius 1 is 0.923 bits per heavy atom. The maximum Gasteiger partial charge on any atom is 0.301 e. The van der Waals surface area contributed by atoms with Gasteiger partial charge in [-0.05, 0) is 66.2 Å². The van der Waals surface area contributed by atoms with Crippen molar-refractivity contribution >= 4 is 18.1 Å². The summed E-state index contributed by atoms with van der Waals surface area (Å²) >= 11 is 0. The van der Waals surface area contributed by atoms with Crippen molar-refractivity contribution in [1.82, 2.24) is 0 Å². The molecule has 0 aliphatic rings. The van der Waals surface area contributed by atoms with Gasteiger partial charge in [-0.2, -0.15) is 8.42 Å². The number of hydrogen-bond acceptors (Lipinski definition) is 5. The number of hydrogen-bond donors (Lipinski definition) is 1. The summed E-state index contributed by atoms with van der Waals surface area (Å²) in [4.78, 5) is 30.5. The quantitative estimate of drug-likeness (QED) is 0.230. The van der Waals surface area contributed by atoms with Crippen molar-refractivity contribution in [2.24, 2.45) is 0 Å². The predicted molar refractivity (Wildman–Crippen MR) is 102 cm³/mol. The van der Waals surface area contributed by atoms with Gasteiger partial charge in [-0.3, -0.25) is 4.55 Å². The highest BCUT2D eigenvalue weighted by atomic mass is 32.2. The third kappa shape index (κ3) is 12.7. The van der Waals surface area contributed by atoms with Crippen molar-refractivity contribution in [3.05, 3.63) is 34.9 Å². The van der Waals surface area contributed by atoms with Crippen LogP contribution in [0.1, 0.15) is 72.6 Å². The van der Waals surface area contributed by atoms with E-state index in [4.69, 9.17) is 4.55 Å². The summed E-state index contributed by atoms with van der Waals surface area (Å²) in [5.74, 6) is 0. The van der Waals surface area contributed by atoms with Crippen LogP contribution in [0.5, 0.6) is 0 Å². The summed E-state index contributed by atoms with van der Waals surface area (Å²) < 4.78 is 30.8. The molecule has 0 amide bonds. The predicted octanol–water partition coefficient (Wildman–Crippen LogP) is 2.63. The lowest BCUT2D eigenvalue weighted by molar-refractivity contribution is -0.428. The van der Waals surface area contributed by atoms with Crippen LogP contribution in [0.15, 0.2) is 34.9 Å². The summed E-state index contributed by atoms with van der Waals surface area (Å²) in [6.07, 6.45) is 10.4. The average molecular weight is 406 g/mol. The maximum absolute atomic E-state index is 11.0. The van der Waals surface area contributed by atoms with Crippen LogP contribution < -0.4 is 14.7 Å². The standard InChI is InChI=1S/C18H33O6PS/c1-15(2)9-7-11-17(4)13-8-12-16(3)10-5-6-14-18(25(19,20)21)26(22,23)24/h9-10,13,18H,5-8,11-12,14H2,1-4H3,(H2,19,20,21)(H,22,23,24)/p-2/b16-10+,17-13+. The smallest absolute Gasteiger partial charge is 0.301 e. The molecule has 8 heteroatoms. The Hall–Kier alpha value is -0.560. The first-order valence-electron chi connectivity index (χ1n) is 8.76. The Kier molecular flexibility index (Phi) is 11.7. The van der Waals surface area contributed by atoms with E-state index in [9.17, 15) is 23.1 Å². The Morgan fingerprint density at radius 2 is 1.38 bits per heavy atom. The molecule has 0 saturated heterocycles. The molecule has 0 rings (SSSR count). The summed E-state index contributed by atoms with van der Waals surface area (Å²) in [7, 11) is -10.3. The van der Waals surface area contributed by atoms with Gasteiger partial charge < -0.3 is 14.7 Å². The van der Waals surface area contributed by atoms with Crippen LogP contribution in [0.4, 0.5) is 0 Å². The molecule has 0 bridgehead atoms. The highest BCUT2D eigenvalue weighted by molar-refractivity contribution is 7.94. The van der Waals surface area contributed by atoms with E-state index in [0.717, 1.165) is 31.3 Å². The van der Waals surface area contributed by atoms with E-state index in [1.165, 1.54) is 11.1 Å². The van der Waals surface area contributed by atoms with Gasteiger partial charge in [0.1, 0.15) is 0 Å². The number of rotatable bonds is 12. The van der Waals surface area contributed by atoms with E-state index in [1.54, 1.807) is 0 Å². The Balaban J connectivity index is 4.28. The zero-order valence-electron chi connectivity index (χ0n) is 16.1. The first-order valence-corrected chi connectivity index (χ1v) is 11.9. The van der Waals surface area contributed by atoms with Crippen LogP contribution >= 0.6 is 7.94 Å². The molecule has 0 aromatic rings. The molecule has 6 nitrogen and oxygen atoms in total. The van der Waals surface area contributed by atoms with Gasteiger partial charge in [-0.25, -0.2) is 0 Å². The van der Waals surface area contributed by atoms with Gasteiger partial charge in [0.2, 0.25) is 0 Å². The first-order chi connectivity index (χ1) is 11.8. The van der Waals surface area contributed by atoms with Gasteiger partial charge in [0.25, 0.3) is 0 Å². The summed E-state index contributed by atoms with van der Waals surface area (Å²) in [6, 6.07) is 0. The largest absolute Gasteiger partial charge is 0.687 e. The zero-order chi connectivity index (χ0) is 20.4. The highest BCUT2D eigenvalue weighted by Crippen LogP contribution is 2.41. The molecule has 0 aromatic carbocycles. The van der Waals surface area contributed by atoms with Crippen molar-refractivity contribution in [2.45, 2.75) is 77.6 Å². The molecule has 0 aliphatic heterocycles. The fraction of sp³-hybridized carbons (Fsp3) is 0.667. The van der Waals surface area contributed by atoms with Gasteiger partial charge >= 0.3 is 10.1 Å². The molecule has 0 saturated carbocycles. The Morgan fingerprint density at radius 3 is 1.81 bits per heavy atom. The van der Waals surface area contributed by atoms with Crippen LogP contribution in [-0.4, -0.2) is 18.0 Å². The average Bonchev–Trinajstić information content (AvgIpc) is 2.43. The molecule has 0 aromatic heterocycles. The summed E-state index contributed by atoms with van der Waals surface area (Å²) in [5, 5.41) is 0. The molecular weight excluding hydrogens is 375 g/mol. The molecule has 1 atom stereocenters. The van der Waals surface area contributed by atoms with E-state index in [-0.39, 0.29) is 6.42 Å². The molecule has 1 unspecified atom stereocenters. The Labute approximate surface area is 158 Å². The van der Waals surface area contributed by atoms with Crippen molar-refractivity contribution in [2.75, 3.05) is 0 Å². The first kappa shape index (κ1) is 25.4. The van der Waals surface area contributed by atoms with E-state index in [1.807, 2.05) is 13.0 Å². The molecule has 0 heterocycles. The summed E-state index contributed by atoms with van der Waals surface area (Å²) in [5.41, 5.74) is 3.78. The monoisotopic (exact) mass is 406 g/mol. The lowest BCUT2D eigenvalue weighted by Crippen LogP contribution is -2.44. The van der Waals surface area contributed by atoms with Crippen molar-refractivity contribution in [3.63, 3.8) is 0 Å². The second-order valence-electron chi connectivity index (χ2n) is 6.90. The van der Waals surface area contributed by atoms with Crippen molar-refractivity contribution < 1.29 is 27.7 Å². The SMILES string of the molecule is CC(C)=CCC/C(C)=C/CC/C(C)=C/CCCC([P+]([O-])([O-])[O-])S(=O)(=O)O. The topological polar surface area (TPSA) is 124 Å². The van der Waals surface area contributed by atoms with Crippen molar-refractivity contribution in [1.29, 1.82) is 0 Å². The molecule has 0 aliphatic carbocycles. The van der Waals surface area contributed by atoms with Gasteiger partial charge in [0, 0.05) is 6.42 Å². The van der Waals surface area contributed by atoms with Gasteiger partial charge in [0.15, 0.2) is 4.99 Å². The second kappa shape index (κ2) is 12.0. The van der Waals surface area contributed by atoms with E-state index in [0.29, 0.717) is 6.42 Å². The van der Waals surface area contributed by atoms with Gasteiger partial charge in [-0.15, -0.1) is 7.94 Å². The third-order valence-electron chi connectivity index (χ3n) is 3.97. The zero-order valence-corrected chi connectivity index (χ0v) is 17.8. The number of unbranched alkanes of at least 4 members (excludes halogenated alkanes) is 1. The van der Waals surface area contributed by atoms with Crippen LogP contribution in [-0.2, 0) is 10.1 Å². The minimum atomic E-state index is -5.38. The van der Waals surface area contributed by atoms with Gasteiger partial charge in [-0.1, -0.05) is 34.9 Å². The highest BCUT2D eigenvalue weighted by Gasteiger charge is 2.30. The van der Waals surface area contributed by atoms with E-state index < -0.39 is 29.5 Å². The van der Waals surface area contributed by atoms with Crippen LogP contribution in [0.2, 0.25) is 0 Å². The van der Waals surface area contributed by atoms with Crippen molar-refractivity contribution in [3.8, 4) is 0 Å². The van der Waals surface area contributed by atoms with E-state index >= 15 is 0 Å². The lowest BCUT2D eigenvalue weighted by Gasteiger charge is -2.46. The molecular formula is C18H31O6PS-2. The number of allylic oxidation sites excluding steroid dienone is 6. The molecule has 0 fully saturated rings.